The number of hydrogen-bond acceptors (Lipinski definition) is 36. The molecule has 3 aliphatic rings. The molecular formula is C74H69B4Br4F4N25O19. The van der Waals surface area contributed by atoms with Gasteiger partial charge in [0.25, 0.3) is 5.91 Å². The van der Waals surface area contributed by atoms with Gasteiger partial charge in [-0.15, -0.1) is 0 Å². The summed E-state index contributed by atoms with van der Waals surface area (Å²) in [5.41, 5.74) is 15.9. The average molecular weight is 2050 g/mol. The van der Waals surface area contributed by atoms with E-state index < -0.39 is 50.7 Å². The second-order valence-corrected chi connectivity index (χ2v) is 30.2. The zero-order valence-electron chi connectivity index (χ0n) is 66.5. The first-order valence-corrected chi connectivity index (χ1v) is 41.1. The first-order valence-electron chi connectivity index (χ1n) is 37.9. The van der Waals surface area contributed by atoms with Crippen LogP contribution in [0, 0.1) is 23.3 Å². The van der Waals surface area contributed by atoms with Gasteiger partial charge in [0.05, 0.1) is 60.4 Å². The normalized spacial score (nSPS) is 12.7. The average Bonchev–Trinajstić information content (AvgIpc) is 1.63. The Morgan fingerprint density at radius 1 is 0.454 bits per heavy atom. The summed E-state index contributed by atoms with van der Waals surface area (Å²) in [4.78, 5) is 55.7. The van der Waals surface area contributed by atoms with Crippen molar-refractivity contribution in [1.82, 2.24) is 79.1 Å². The fourth-order valence-corrected chi connectivity index (χ4v) is 13.3. The molecule has 672 valence electrons. The number of nitrogens with one attached hydrogen (secondary N) is 12. The zero-order valence-corrected chi connectivity index (χ0v) is 72.9. The molecule has 4 amide bonds. The molecule has 12 aromatic rings. The van der Waals surface area contributed by atoms with Crippen LogP contribution in [0.3, 0.4) is 0 Å². The molecule has 3 aliphatic heterocycles. The Kier molecular flexibility index (Phi) is 34.5. The van der Waals surface area contributed by atoms with Crippen LogP contribution in [-0.2, 0) is 32.0 Å². The Labute approximate surface area is 765 Å². The number of fused-ring (bicyclic) bond motifs is 1. The maximum atomic E-state index is 13.5. The van der Waals surface area contributed by atoms with Crippen molar-refractivity contribution in [1.29, 1.82) is 0 Å². The quantitative estimate of drug-likeness (QED) is 0.00782. The number of rotatable bonds is 28. The van der Waals surface area contributed by atoms with Crippen molar-refractivity contribution in [2.75, 3.05) is 90.4 Å². The van der Waals surface area contributed by atoms with E-state index >= 15 is 0 Å². The minimum atomic E-state index is -1.58. The molecule has 7 heterocycles. The van der Waals surface area contributed by atoms with Gasteiger partial charge >= 0.3 is 34.5 Å². The molecule has 0 fully saturated rings. The summed E-state index contributed by atoms with van der Waals surface area (Å²) in [6, 6.07) is 38.9. The molecule has 0 bridgehead atoms. The molecule has 0 atom stereocenters. The summed E-state index contributed by atoms with van der Waals surface area (Å²) >= 11 is 12.3. The molecule has 0 radical (unpaired) electrons. The van der Waals surface area contributed by atoms with Crippen molar-refractivity contribution in [3.63, 3.8) is 0 Å². The van der Waals surface area contributed by atoms with E-state index in [2.05, 4.69) is 167 Å². The van der Waals surface area contributed by atoms with E-state index in [9.17, 15) is 57.8 Å². The smallest absolute Gasteiger partial charge is 0.423 e. The van der Waals surface area contributed by atoms with E-state index in [1.807, 2.05) is 45.0 Å². The number of carbonyl (C=O) groups excluding carboxylic acids is 3. The second-order valence-electron chi connectivity index (χ2n) is 26.8. The maximum Gasteiger partial charge on any atom is 0.496 e. The molecule has 0 spiro atoms. The van der Waals surface area contributed by atoms with Crippen molar-refractivity contribution in [3.8, 4) is 0 Å². The number of nitrogens with zero attached hydrogens (tertiary/aromatic N) is 13. The highest BCUT2D eigenvalue weighted by Gasteiger charge is 2.38. The standard InChI is InChI=1S/C22H22BBrFN7O5.C19H17BBrFN6O5.C18H18BBrFN7O5.C15H12BBrFN5O4/c24-15-10-14(4-5-16(15)25)28-22(29-34)20-21(31-37-30-20)27-7-6-26-18(33)11-32-8-9-35-23-19-13(12-36-23)2-1-3-17(19)32;21-14-8-12(2-4-15(14)22)25-18(26-31)16-17(28-33-27-16)23-5-6-24-19(29)10-1-3-13-11(7-10)9-32-20(13)30;20-13-9-12(5-6-14(13)21)24-17(26-32)15-16(28-33-27-15)22-7-8-23-18(29)25-11-3-1-10(2-4-11)19(30)31;17-11-7-10(5-6-12(11)18)20-14(21-26)13-15(23-27-22-13)19-9-3-1-8(2-4-9)16(24)25/h1-5,10,34H,6-9,11-12H2,(H,26,33)(H,27,31)(H,28,29);1-4,7-8,30-31H,5-6,9H2,(H,23,28)(H,24,29)(H,25,26);1-6,9,30-32H,7-8H2,(H,22,28)(H,24,26)(H2,23,25,29);1-7,24-26H,(H,19,23)(H,20,21). The topological polar surface area (TPSA) is 614 Å². The summed E-state index contributed by atoms with van der Waals surface area (Å²) < 4.78 is 90.0. The number of benzene rings is 8. The Bertz CT molecular complexity index is 6070. The maximum absolute atomic E-state index is 13.5. The predicted molar refractivity (Wildman–Crippen MR) is 475 cm³/mol. The largest absolute Gasteiger partial charge is 0.496 e. The van der Waals surface area contributed by atoms with E-state index in [0.29, 0.717) is 82.4 Å². The van der Waals surface area contributed by atoms with Gasteiger partial charge in [-0.05, 0) is 248 Å². The van der Waals surface area contributed by atoms with Gasteiger partial charge in [0.1, 0.15) is 23.3 Å². The lowest BCUT2D eigenvalue weighted by Crippen LogP contribution is -2.41. The van der Waals surface area contributed by atoms with Crippen LogP contribution in [0.25, 0.3) is 0 Å². The molecule has 56 heteroatoms. The van der Waals surface area contributed by atoms with Crippen molar-refractivity contribution in [2.24, 2.45) is 20.0 Å². The number of amidine groups is 4. The molecule has 44 nitrogen and oxygen atoms in total. The highest BCUT2D eigenvalue weighted by Crippen LogP contribution is 2.30. The van der Waals surface area contributed by atoms with Crippen molar-refractivity contribution in [2.45, 2.75) is 13.2 Å². The van der Waals surface area contributed by atoms with Crippen molar-refractivity contribution in [3.05, 3.63) is 238 Å². The number of aromatic nitrogens is 8. The fourth-order valence-electron chi connectivity index (χ4n) is 11.9. The van der Waals surface area contributed by atoms with Crippen LogP contribution in [0.2, 0.25) is 0 Å². The molecule has 21 N–H and O–H groups in total. The number of hydrogen-bond donors (Lipinski definition) is 21. The van der Waals surface area contributed by atoms with E-state index in [1.165, 1.54) is 109 Å². The number of anilines is 7. The number of carbonyl (C=O) groups is 3. The Morgan fingerprint density at radius 2 is 0.869 bits per heavy atom. The summed E-state index contributed by atoms with van der Waals surface area (Å²) in [7, 11) is -4.51. The molecule has 0 saturated heterocycles. The summed E-state index contributed by atoms with van der Waals surface area (Å²) in [5.74, 6) is -1.91. The van der Waals surface area contributed by atoms with E-state index in [4.69, 9.17) is 52.6 Å². The van der Waals surface area contributed by atoms with Gasteiger partial charge in [0.2, 0.25) is 29.2 Å². The molecule has 4 aromatic heterocycles. The fraction of sp³-hybridized carbons (Fsp3) is 0.149. The lowest BCUT2D eigenvalue weighted by Gasteiger charge is -2.24. The number of hydroxylamine groups is 4. The zero-order chi connectivity index (χ0) is 92.3. The highest BCUT2D eigenvalue weighted by molar-refractivity contribution is 9.11. The first-order chi connectivity index (χ1) is 62.8. The van der Waals surface area contributed by atoms with Crippen molar-refractivity contribution >= 4 is 218 Å². The third-order valence-corrected chi connectivity index (χ3v) is 20.5. The van der Waals surface area contributed by atoms with Crippen LogP contribution in [0.1, 0.15) is 44.3 Å². The predicted octanol–water partition coefficient (Wildman–Crippen LogP) is 4.80. The molecule has 0 unspecified atom stereocenters. The van der Waals surface area contributed by atoms with Crippen LogP contribution in [0.4, 0.5) is 85.4 Å². The van der Waals surface area contributed by atoms with Crippen LogP contribution in [0.5, 0.6) is 0 Å². The molecule has 0 aliphatic carbocycles. The lowest BCUT2D eigenvalue weighted by molar-refractivity contribution is -0.119. The van der Waals surface area contributed by atoms with Crippen LogP contribution >= 0.6 is 63.7 Å². The SMILES string of the molecule is O=C(CN1CCOB2OCc3cccc1c32)NCCNc1nonc1C(=Nc1ccc(F)c(Br)c1)NO.O=C(NCCNc1nonc1C(=Nc1ccc(F)c(Br)c1)NO)Nc1ccc(B(O)O)cc1.O=C(NCCNc1nonc1C(=Nc1ccc(F)c(Br)c1)NO)c1ccc2c(c1)COB2O.ONC(=Nc1ccc(F)c(Br)c1)c1nonc1Nc1ccc(B(O)O)cc1. The van der Waals surface area contributed by atoms with Gasteiger partial charge in [-0.2, -0.15) is 0 Å². The molecule has 15 rings (SSSR count). The second kappa shape index (κ2) is 46.7. The van der Waals surface area contributed by atoms with Crippen LogP contribution < -0.4 is 91.2 Å². The van der Waals surface area contributed by atoms with Crippen molar-refractivity contribution < 1.29 is 110 Å². The third kappa shape index (κ3) is 26.1. The van der Waals surface area contributed by atoms with E-state index in [-0.39, 0.29) is 152 Å². The van der Waals surface area contributed by atoms with Crippen LogP contribution in [0.15, 0.2) is 214 Å². The minimum Gasteiger partial charge on any atom is -0.423 e. The molecule has 0 saturated carbocycles. The number of urea groups is 1. The van der Waals surface area contributed by atoms with E-state index in [1.54, 1.807) is 30.3 Å². The first kappa shape index (κ1) is 95.9. The van der Waals surface area contributed by atoms with Gasteiger partial charge in [0, 0.05) is 80.5 Å². The van der Waals surface area contributed by atoms with E-state index in [0.717, 1.165) is 22.3 Å². The lowest BCUT2D eigenvalue weighted by atomic mass is 9.77. The summed E-state index contributed by atoms with van der Waals surface area (Å²) in [5, 5.41) is 136. The Morgan fingerprint density at radius 3 is 1.31 bits per heavy atom. The Balaban J connectivity index is 0.000000158. The number of amides is 4. The molecule has 130 heavy (non-hydrogen) atoms. The number of halogens is 8. The van der Waals surface area contributed by atoms with Gasteiger partial charge in [-0.3, -0.25) is 52.3 Å². The monoisotopic (exact) mass is 2050 g/mol. The highest BCUT2D eigenvalue weighted by atomic mass is 79.9. The molecular weight excluding hydrogens is 1980 g/mol. The molecule has 8 aromatic carbocycles. The third-order valence-electron chi connectivity index (χ3n) is 18.1. The van der Waals surface area contributed by atoms with Gasteiger partial charge in [0.15, 0.2) is 46.1 Å². The number of aliphatic imine (C=N–C) groups is 4. The Hall–Kier alpha value is -13.2. The summed E-state index contributed by atoms with van der Waals surface area (Å²) in [6.45, 7) is 3.45. The van der Waals surface area contributed by atoms with Crippen LogP contribution in [-0.4, -0.2) is 216 Å². The van der Waals surface area contributed by atoms with Gasteiger partial charge < -0.3 is 86.5 Å². The van der Waals surface area contributed by atoms with Gasteiger partial charge in [-0.25, -0.2) is 60.8 Å². The van der Waals surface area contributed by atoms with Gasteiger partial charge in [-0.1, -0.05) is 42.5 Å². The minimum absolute atomic E-state index is 0.0626. The summed E-state index contributed by atoms with van der Waals surface area (Å²) in [6.07, 6.45) is 0.